The van der Waals surface area contributed by atoms with E-state index in [1.807, 2.05) is 48.3 Å². The molecule has 1 aromatic carbocycles. The fraction of sp³-hybridized carbons (Fsp3) is 0.400. The number of hydrogen-bond donors (Lipinski definition) is 1. The Balaban J connectivity index is 1.74. The zero-order chi connectivity index (χ0) is 19.2. The van der Waals surface area contributed by atoms with Gasteiger partial charge in [-0.05, 0) is 33.2 Å². The number of nitrogens with one attached hydrogen (secondary N) is 1. The number of likely N-dealkylation sites (N-methyl/N-ethyl adjacent to an activating group) is 1. The van der Waals surface area contributed by atoms with E-state index in [2.05, 4.69) is 45.2 Å². The Bertz CT molecular complexity index is 854. The SMILES string of the molecule is COc1ccccc1-n1cc(CN(CCN(C)C)Cc2cnc(C)[nH]2)cn1. The van der Waals surface area contributed by atoms with Crippen LogP contribution in [0.1, 0.15) is 17.1 Å². The number of H-pyrrole nitrogens is 1. The van der Waals surface area contributed by atoms with Crippen LogP contribution in [0.2, 0.25) is 0 Å². The predicted octanol–water partition coefficient (Wildman–Crippen LogP) is 2.48. The van der Waals surface area contributed by atoms with Crippen LogP contribution in [0, 0.1) is 6.92 Å². The van der Waals surface area contributed by atoms with E-state index in [1.54, 1.807) is 7.11 Å². The lowest BCUT2D eigenvalue weighted by Crippen LogP contribution is -2.31. The monoisotopic (exact) mass is 368 g/mol. The molecule has 0 atom stereocenters. The predicted molar refractivity (Wildman–Crippen MR) is 106 cm³/mol. The third kappa shape index (κ3) is 5.18. The van der Waals surface area contributed by atoms with Crippen LogP contribution < -0.4 is 4.74 Å². The molecule has 7 nitrogen and oxygen atoms in total. The summed E-state index contributed by atoms with van der Waals surface area (Å²) in [7, 11) is 5.87. The third-order valence-electron chi connectivity index (χ3n) is 4.39. The van der Waals surface area contributed by atoms with Crippen molar-refractivity contribution in [3.05, 3.63) is 59.9 Å². The van der Waals surface area contributed by atoms with Gasteiger partial charge in [0.2, 0.25) is 0 Å². The molecule has 0 radical (unpaired) electrons. The van der Waals surface area contributed by atoms with E-state index in [4.69, 9.17) is 4.74 Å². The largest absolute Gasteiger partial charge is 0.494 e. The molecular formula is C20H28N6O. The number of ether oxygens (including phenoxy) is 1. The lowest BCUT2D eigenvalue weighted by atomic mass is 10.3. The van der Waals surface area contributed by atoms with Gasteiger partial charge in [0.05, 0.1) is 13.3 Å². The molecule has 0 amide bonds. The summed E-state index contributed by atoms with van der Waals surface area (Å²) >= 11 is 0. The van der Waals surface area contributed by atoms with Crippen molar-refractivity contribution in [3.8, 4) is 11.4 Å². The number of aryl methyl sites for hydroxylation is 1. The Morgan fingerprint density at radius 3 is 2.63 bits per heavy atom. The van der Waals surface area contributed by atoms with Gasteiger partial charge in [0, 0.05) is 49.8 Å². The second-order valence-corrected chi connectivity index (χ2v) is 6.97. The molecule has 0 unspecified atom stereocenters. The normalized spacial score (nSPS) is 11.5. The maximum atomic E-state index is 5.45. The molecule has 0 aliphatic carbocycles. The van der Waals surface area contributed by atoms with Crippen LogP contribution in [0.15, 0.2) is 42.9 Å². The average Bonchev–Trinajstić information content (AvgIpc) is 3.28. The van der Waals surface area contributed by atoms with Crippen LogP contribution in [0.4, 0.5) is 0 Å². The van der Waals surface area contributed by atoms with E-state index in [0.717, 1.165) is 54.7 Å². The molecular weight excluding hydrogens is 340 g/mol. The summed E-state index contributed by atoms with van der Waals surface area (Å²) in [6.07, 6.45) is 5.91. The fourth-order valence-electron chi connectivity index (χ4n) is 3.00. The minimum absolute atomic E-state index is 0.810. The van der Waals surface area contributed by atoms with Gasteiger partial charge in [-0.3, -0.25) is 4.90 Å². The number of aromatic nitrogens is 4. The quantitative estimate of drug-likeness (QED) is 0.629. The van der Waals surface area contributed by atoms with Crippen LogP contribution in [0.25, 0.3) is 5.69 Å². The maximum absolute atomic E-state index is 5.45. The summed E-state index contributed by atoms with van der Waals surface area (Å²) in [6.45, 7) is 5.58. The standard InChI is InChI=1S/C20H28N6O/c1-16-21-12-18(23-16)15-25(10-9-24(2)3)13-17-11-22-26(14-17)19-7-5-6-8-20(19)27-4/h5-8,11-12,14H,9-10,13,15H2,1-4H3,(H,21,23). The van der Waals surface area contributed by atoms with Gasteiger partial charge in [-0.15, -0.1) is 0 Å². The zero-order valence-electron chi connectivity index (χ0n) is 16.5. The molecule has 27 heavy (non-hydrogen) atoms. The van der Waals surface area contributed by atoms with Gasteiger partial charge >= 0.3 is 0 Å². The minimum atomic E-state index is 0.810. The molecule has 2 heterocycles. The summed E-state index contributed by atoms with van der Waals surface area (Å²) < 4.78 is 7.32. The first kappa shape index (κ1) is 19.1. The van der Waals surface area contributed by atoms with E-state index in [-0.39, 0.29) is 0 Å². The fourth-order valence-corrected chi connectivity index (χ4v) is 3.00. The molecule has 0 aliphatic rings. The van der Waals surface area contributed by atoms with E-state index in [1.165, 1.54) is 0 Å². The lowest BCUT2D eigenvalue weighted by Gasteiger charge is -2.23. The van der Waals surface area contributed by atoms with Crippen molar-refractivity contribution >= 4 is 0 Å². The molecule has 0 bridgehead atoms. The van der Waals surface area contributed by atoms with E-state index in [0.29, 0.717) is 0 Å². The summed E-state index contributed by atoms with van der Waals surface area (Å²) in [4.78, 5) is 12.2. The Labute approximate surface area is 160 Å². The van der Waals surface area contributed by atoms with Crippen LogP contribution in [-0.2, 0) is 13.1 Å². The molecule has 0 saturated carbocycles. The second-order valence-electron chi connectivity index (χ2n) is 6.97. The topological polar surface area (TPSA) is 62.2 Å². The highest BCUT2D eigenvalue weighted by Crippen LogP contribution is 2.22. The van der Waals surface area contributed by atoms with E-state index < -0.39 is 0 Å². The highest BCUT2D eigenvalue weighted by atomic mass is 16.5. The molecule has 1 N–H and O–H groups in total. The van der Waals surface area contributed by atoms with Gasteiger partial charge in [-0.1, -0.05) is 12.1 Å². The van der Waals surface area contributed by atoms with Crippen molar-refractivity contribution in [2.45, 2.75) is 20.0 Å². The van der Waals surface area contributed by atoms with Crippen molar-refractivity contribution in [3.63, 3.8) is 0 Å². The third-order valence-corrected chi connectivity index (χ3v) is 4.39. The van der Waals surface area contributed by atoms with Crippen molar-refractivity contribution in [1.82, 2.24) is 29.5 Å². The Morgan fingerprint density at radius 2 is 1.93 bits per heavy atom. The summed E-state index contributed by atoms with van der Waals surface area (Å²) in [5.74, 6) is 1.76. The number of imidazole rings is 1. The molecule has 0 saturated heterocycles. The molecule has 3 aromatic rings. The van der Waals surface area contributed by atoms with Gasteiger partial charge in [-0.2, -0.15) is 5.10 Å². The van der Waals surface area contributed by atoms with Crippen LogP contribution in [0.3, 0.4) is 0 Å². The average molecular weight is 368 g/mol. The van der Waals surface area contributed by atoms with Crippen molar-refractivity contribution in [2.24, 2.45) is 0 Å². The highest BCUT2D eigenvalue weighted by molar-refractivity contribution is 5.46. The zero-order valence-corrected chi connectivity index (χ0v) is 16.5. The molecule has 7 heteroatoms. The molecule has 0 fully saturated rings. The first-order valence-corrected chi connectivity index (χ1v) is 9.09. The number of nitrogens with zero attached hydrogens (tertiary/aromatic N) is 5. The van der Waals surface area contributed by atoms with Crippen LogP contribution in [-0.4, -0.2) is 63.8 Å². The number of para-hydroxylation sites is 2. The van der Waals surface area contributed by atoms with Crippen LogP contribution in [0.5, 0.6) is 5.75 Å². The van der Waals surface area contributed by atoms with Crippen molar-refractivity contribution < 1.29 is 4.74 Å². The number of methoxy groups -OCH3 is 1. The van der Waals surface area contributed by atoms with Crippen molar-refractivity contribution in [2.75, 3.05) is 34.3 Å². The lowest BCUT2D eigenvalue weighted by molar-refractivity contribution is 0.224. The molecule has 2 aromatic heterocycles. The number of aromatic amines is 1. The molecule has 0 spiro atoms. The van der Waals surface area contributed by atoms with Gasteiger partial charge in [0.1, 0.15) is 17.3 Å². The minimum Gasteiger partial charge on any atom is -0.494 e. The molecule has 0 aliphatic heterocycles. The number of rotatable bonds is 9. The van der Waals surface area contributed by atoms with Crippen molar-refractivity contribution in [1.29, 1.82) is 0 Å². The van der Waals surface area contributed by atoms with Gasteiger partial charge < -0.3 is 14.6 Å². The van der Waals surface area contributed by atoms with Crippen LogP contribution >= 0.6 is 0 Å². The maximum Gasteiger partial charge on any atom is 0.144 e. The Kier molecular flexibility index (Phi) is 6.26. The summed E-state index contributed by atoms with van der Waals surface area (Å²) in [6, 6.07) is 7.90. The summed E-state index contributed by atoms with van der Waals surface area (Å²) in [5.41, 5.74) is 3.23. The van der Waals surface area contributed by atoms with E-state index >= 15 is 0 Å². The molecule has 144 valence electrons. The second kappa shape index (κ2) is 8.83. The number of benzene rings is 1. The van der Waals surface area contributed by atoms with E-state index in [9.17, 15) is 0 Å². The van der Waals surface area contributed by atoms with Gasteiger partial charge in [0.25, 0.3) is 0 Å². The smallest absolute Gasteiger partial charge is 0.144 e. The highest BCUT2D eigenvalue weighted by Gasteiger charge is 2.12. The Morgan fingerprint density at radius 1 is 1.11 bits per heavy atom. The van der Waals surface area contributed by atoms with Gasteiger partial charge in [-0.25, -0.2) is 9.67 Å². The molecule has 3 rings (SSSR count). The van der Waals surface area contributed by atoms with Gasteiger partial charge in [0.15, 0.2) is 0 Å². The first-order chi connectivity index (χ1) is 13.0. The summed E-state index contributed by atoms with van der Waals surface area (Å²) in [5, 5.41) is 4.53. The number of hydrogen-bond acceptors (Lipinski definition) is 5. The first-order valence-electron chi connectivity index (χ1n) is 9.09. The Hall–Kier alpha value is -2.64.